The molecule has 4 N–H and O–H groups in total. The Labute approximate surface area is 186 Å². The zero-order valence-electron chi connectivity index (χ0n) is 17.2. The van der Waals surface area contributed by atoms with Crippen molar-refractivity contribution in [1.29, 1.82) is 0 Å². The van der Waals surface area contributed by atoms with Gasteiger partial charge in [0.2, 0.25) is 0 Å². The van der Waals surface area contributed by atoms with Crippen LogP contribution in [0.3, 0.4) is 0 Å². The fourth-order valence-corrected chi connectivity index (χ4v) is 4.42. The number of aryl methyl sites for hydroxylation is 2. The van der Waals surface area contributed by atoms with Gasteiger partial charge in [0.25, 0.3) is 0 Å². The number of nitrogen functional groups attached to an aromatic ring is 1. The van der Waals surface area contributed by atoms with E-state index in [9.17, 15) is 4.79 Å². The number of nitrogens with two attached hydrogens (primary N) is 1. The number of aromatic nitrogens is 1. The van der Waals surface area contributed by atoms with Crippen molar-refractivity contribution in [2.24, 2.45) is 0 Å². The van der Waals surface area contributed by atoms with Crippen molar-refractivity contribution in [3.05, 3.63) is 86.2 Å². The number of carboxylic acid groups (broad SMARTS) is 1. The Morgan fingerprint density at radius 1 is 1.20 bits per heavy atom. The van der Waals surface area contributed by atoms with E-state index in [0.29, 0.717) is 16.3 Å². The van der Waals surface area contributed by atoms with Gasteiger partial charge in [-0.3, -0.25) is 0 Å². The number of aromatic amines is 1. The number of nitrogens with one attached hydrogen (secondary N) is 1. The number of nitrogens with zero attached hydrogens (tertiary/aromatic N) is 1. The lowest BCUT2D eigenvalue weighted by atomic mass is 9.84. The normalized spacial score (nSPS) is 15.8. The predicted octanol–water partition coefficient (Wildman–Crippen LogP) is 5.48. The van der Waals surface area contributed by atoms with Crippen LogP contribution in [0, 0.1) is 13.8 Å². The van der Waals surface area contributed by atoms with Gasteiger partial charge in [0.05, 0.1) is 5.56 Å². The van der Waals surface area contributed by atoms with Crippen LogP contribution in [0.2, 0.25) is 10.0 Å². The van der Waals surface area contributed by atoms with Gasteiger partial charge < -0.3 is 20.7 Å². The van der Waals surface area contributed by atoms with Gasteiger partial charge in [-0.1, -0.05) is 35.3 Å². The molecule has 0 spiro atoms. The second kappa shape index (κ2) is 9.13. The van der Waals surface area contributed by atoms with Gasteiger partial charge in [0.15, 0.2) is 0 Å². The number of carbonyl (C=O) groups is 1. The monoisotopic (exact) mass is 445 g/mol. The van der Waals surface area contributed by atoms with Gasteiger partial charge >= 0.3 is 5.97 Å². The fraction of sp³-hybridized carbons (Fsp3) is 0.261. The average Bonchev–Trinajstić information content (AvgIpc) is 3.01. The molecule has 4 rings (SSSR count). The second-order valence-corrected chi connectivity index (χ2v) is 8.51. The number of carboxylic acids is 1. The van der Waals surface area contributed by atoms with Crippen LogP contribution in [-0.4, -0.2) is 34.6 Å². The zero-order chi connectivity index (χ0) is 22.0. The summed E-state index contributed by atoms with van der Waals surface area (Å²) in [7, 11) is 2.10. The Balaban J connectivity index is 0.000000216. The van der Waals surface area contributed by atoms with Crippen molar-refractivity contribution in [3.8, 4) is 0 Å². The third kappa shape index (κ3) is 4.98. The minimum Gasteiger partial charge on any atom is -0.478 e. The van der Waals surface area contributed by atoms with E-state index in [1.165, 1.54) is 11.1 Å². The van der Waals surface area contributed by atoms with E-state index in [1.54, 1.807) is 13.0 Å². The number of benzene rings is 2. The van der Waals surface area contributed by atoms with Gasteiger partial charge in [0, 0.05) is 46.1 Å². The van der Waals surface area contributed by atoms with E-state index in [1.807, 2.05) is 37.3 Å². The highest BCUT2D eigenvalue weighted by molar-refractivity contribution is 6.35. The fourth-order valence-electron chi connectivity index (χ4n) is 3.85. The first-order chi connectivity index (χ1) is 14.2. The first-order valence-electron chi connectivity index (χ1n) is 9.57. The third-order valence-electron chi connectivity index (χ3n) is 5.19. The van der Waals surface area contributed by atoms with Gasteiger partial charge in [-0.05, 0) is 67.9 Å². The van der Waals surface area contributed by atoms with Crippen molar-refractivity contribution >= 4 is 34.9 Å². The van der Waals surface area contributed by atoms with Crippen LogP contribution in [0.4, 0.5) is 5.69 Å². The number of rotatable bonds is 2. The van der Waals surface area contributed by atoms with Crippen LogP contribution in [-0.2, 0) is 6.54 Å². The van der Waals surface area contributed by atoms with Gasteiger partial charge in [-0.2, -0.15) is 0 Å². The maximum Gasteiger partial charge on any atom is 0.337 e. The molecule has 30 heavy (non-hydrogen) atoms. The van der Waals surface area contributed by atoms with Crippen LogP contribution < -0.4 is 5.73 Å². The number of hydrogen-bond acceptors (Lipinski definition) is 3. The molecule has 3 aromatic rings. The smallest absolute Gasteiger partial charge is 0.337 e. The van der Waals surface area contributed by atoms with Crippen LogP contribution in [0.1, 0.15) is 44.4 Å². The molecule has 5 nitrogen and oxygen atoms in total. The number of H-pyrrole nitrogens is 1. The molecule has 1 aliphatic rings. The summed E-state index contributed by atoms with van der Waals surface area (Å²) in [5.41, 5.74) is 12.2. The standard InChI is InChI=1S/C16H16Cl2N2.C7H9NO2/c1-20-8-14(10-3-2-4-12(19)5-10)13-6-11(17)7-16(18)15(13)9-20;1-4-3-6(7(9)10)5(2)8-4/h2-7,14H,8-9,19H2,1H3;3,8H,1-2H3,(H,9,10). The minimum atomic E-state index is -0.873. The molecule has 0 bridgehead atoms. The zero-order valence-corrected chi connectivity index (χ0v) is 18.7. The summed E-state index contributed by atoms with van der Waals surface area (Å²) < 4.78 is 0. The van der Waals surface area contributed by atoms with Crippen LogP contribution in [0.15, 0.2) is 42.5 Å². The van der Waals surface area contributed by atoms with Gasteiger partial charge in [-0.15, -0.1) is 0 Å². The lowest BCUT2D eigenvalue weighted by molar-refractivity contribution is 0.0696. The first kappa shape index (κ1) is 22.2. The number of anilines is 1. The van der Waals surface area contributed by atoms with Crippen molar-refractivity contribution < 1.29 is 9.90 Å². The maximum absolute atomic E-state index is 10.4. The second-order valence-electron chi connectivity index (χ2n) is 7.67. The number of fused-ring (bicyclic) bond motifs is 1. The molecule has 1 unspecified atom stereocenters. The molecule has 0 amide bonds. The van der Waals surface area contributed by atoms with Gasteiger partial charge in [-0.25, -0.2) is 4.79 Å². The first-order valence-corrected chi connectivity index (χ1v) is 10.3. The SMILES string of the molecule is CN1Cc2c(Cl)cc(Cl)cc2C(c2cccc(N)c2)C1.Cc1cc(C(=O)O)c(C)[nH]1. The highest BCUT2D eigenvalue weighted by atomic mass is 35.5. The summed E-state index contributed by atoms with van der Waals surface area (Å²) in [6.07, 6.45) is 0. The average molecular weight is 446 g/mol. The maximum atomic E-state index is 10.4. The molecule has 0 saturated heterocycles. The molecule has 1 aromatic heterocycles. The highest BCUT2D eigenvalue weighted by Gasteiger charge is 2.27. The molecule has 2 heterocycles. The molecule has 0 aliphatic carbocycles. The Hall–Kier alpha value is -2.47. The number of hydrogen-bond donors (Lipinski definition) is 3. The molecule has 1 aliphatic heterocycles. The van der Waals surface area contributed by atoms with E-state index in [4.69, 9.17) is 34.0 Å². The Morgan fingerprint density at radius 3 is 2.50 bits per heavy atom. The van der Waals surface area contributed by atoms with Crippen molar-refractivity contribution in [1.82, 2.24) is 9.88 Å². The van der Waals surface area contributed by atoms with E-state index < -0.39 is 5.97 Å². The molecule has 0 saturated carbocycles. The van der Waals surface area contributed by atoms with Crippen LogP contribution in [0.25, 0.3) is 0 Å². The van der Waals surface area contributed by atoms with Gasteiger partial charge in [0.1, 0.15) is 0 Å². The Kier molecular flexibility index (Phi) is 6.76. The Bertz CT molecular complexity index is 1080. The summed E-state index contributed by atoms with van der Waals surface area (Å²) in [6.45, 7) is 5.37. The molecule has 158 valence electrons. The summed E-state index contributed by atoms with van der Waals surface area (Å²) in [4.78, 5) is 15.6. The number of likely N-dealkylation sites (N-methyl/N-ethyl adjacent to an activating group) is 1. The van der Waals surface area contributed by atoms with Crippen molar-refractivity contribution in [2.75, 3.05) is 19.3 Å². The molecule has 2 aromatic carbocycles. The minimum absolute atomic E-state index is 0.253. The molecular formula is C23H25Cl2N3O2. The lowest BCUT2D eigenvalue weighted by Gasteiger charge is -2.33. The topological polar surface area (TPSA) is 82.3 Å². The molecule has 7 heteroatoms. The van der Waals surface area contributed by atoms with Crippen LogP contribution in [0.5, 0.6) is 0 Å². The Morgan fingerprint density at radius 2 is 1.93 bits per heavy atom. The number of aromatic carboxylic acids is 1. The molecule has 0 fully saturated rings. The van der Waals surface area contributed by atoms with Crippen molar-refractivity contribution in [3.63, 3.8) is 0 Å². The summed E-state index contributed by atoms with van der Waals surface area (Å²) >= 11 is 12.5. The molecule has 0 radical (unpaired) electrons. The lowest BCUT2D eigenvalue weighted by Crippen LogP contribution is -2.31. The largest absolute Gasteiger partial charge is 0.478 e. The number of halogens is 2. The summed E-state index contributed by atoms with van der Waals surface area (Å²) in [5.74, 6) is -0.620. The third-order valence-corrected chi connectivity index (χ3v) is 5.74. The van der Waals surface area contributed by atoms with Crippen LogP contribution >= 0.6 is 23.2 Å². The van der Waals surface area contributed by atoms with Crippen molar-refractivity contribution in [2.45, 2.75) is 26.3 Å². The predicted molar refractivity (Wildman–Crippen MR) is 123 cm³/mol. The quantitative estimate of drug-likeness (QED) is 0.455. The molecule has 1 atom stereocenters. The van der Waals surface area contributed by atoms with E-state index >= 15 is 0 Å². The summed E-state index contributed by atoms with van der Waals surface area (Å²) in [5, 5.41) is 9.99. The van der Waals surface area contributed by atoms with E-state index in [2.05, 4.69) is 23.0 Å². The summed E-state index contributed by atoms with van der Waals surface area (Å²) in [6, 6.07) is 13.5. The van der Waals surface area contributed by atoms with E-state index in [-0.39, 0.29) is 5.92 Å². The molecular weight excluding hydrogens is 421 g/mol. The van der Waals surface area contributed by atoms with E-state index in [0.717, 1.165) is 35.1 Å². The highest BCUT2D eigenvalue weighted by Crippen LogP contribution is 2.38.